The van der Waals surface area contributed by atoms with Crippen molar-refractivity contribution in [3.63, 3.8) is 0 Å². The molecule has 0 radical (unpaired) electrons. The standard InChI is InChI=1S/C7H11N.C3H4/c1-6-2-4-7(8)5-3-6;1-3-2/h2,4H,3,5,8H2,1H3;1H,2H3. The van der Waals surface area contributed by atoms with Crippen LogP contribution < -0.4 is 5.73 Å². The molecule has 1 nitrogen and oxygen atoms in total. The van der Waals surface area contributed by atoms with Gasteiger partial charge in [-0.15, -0.1) is 12.3 Å². The number of hydrogen-bond acceptors (Lipinski definition) is 1. The Morgan fingerprint density at radius 3 is 2.27 bits per heavy atom. The third kappa shape index (κ3) is 5.29. The van der Waals surface area contributed by atoms with Gasteiger partial charge in [0.25, 0.3) is 0 Å². The maximum absolute atomic E-state index is 5.51. The van der Waals surface area contributed by atoms with Crippen molar-refractivity contribution in [1.82, 2.24) is 0 Å². The van der Waals surface area contributed by atoms with Gasteiger partial charge < -0.3 is 5.73 Å². The molecule has 1 aliphatic rings. The number of rotatable bonds is 0. The molecule has 0 amide bonds. The second-order valence-electron chi connectivity index (χ2n) is 2.54. The van der Waals surface area contributed by atoms with Crippen LogP contribution in [0.2, 0.25) is 0 Å². The molecule has 1 rings (SSSR count). The average molecular weight is 149 g/mol. The van der Waals surface area contributed by atoms with Gasteiger partial charge in [0.1, 0.15) is 0 Å². The molecule has 0 aromatic carbocycles. The molecular formula is C10H15N. The molecule has 1 heteroatoms. The van der Waals surface area contributed by atoms with E-state index in [1.807, 2.05) is 6.08 Å². The zero-order valence-electron chi connectivity index (χ0n) is 7.22. The largest absolute Gasteiger partial charge is 0.402 e. The van der Waals surface area contributed by atoms with Crippen molar-refractivity contribution >= 4 is 0 Å². The fourth-order valence-corrected chi connectivity index (χ4v) is 0.757. The van der Waals surface area contributed by atoms with Crippen LogP contribution >= 0.6 is 0 Å². The first-order valence-electron chi connectivity index (χ1n) is 3.70. The van der Waals surface area contributed by atoms with Crippen LogP contribution in [0.15, 0.2) is 23.4 Å². The lowest BCUT2D eigenvalue weighted by Crippen LogP contribution is -1.99. The van der Waals surface area contributed by atoms with Crippen molar-refractivity contribution in [3.8, 4) is 12.3 Å². The van der Waals surface area contributed by atoms with Crippen LogP contribution in [0, 0.1) is 12.3 Å². The van der Waals surface area contributed by atoms with Gasteiger partial charge in [-0.2, -0.15) is 0 Å². The predicted molar refractivity (Wildman–Crippen MR) is 49.8 cm³/mol. The van der Waals surface area contributed by atoms with Crippen LogP contribution in [0.3, 0.4) is 0 Å². The molecule has 0 fully saturated rings. The quantitative estimate of drug-likeness (QED) is 0.525. The van der Waals surface area contributed by atoms with Gasteiger partial charge in [-0.1, -0.05) is 11.6 Å². The Hall–Kier alpha value is -1.16. The van der Waals surface area contributed by atoms with E-state index in [1.165, 1.54) is 5.57 Å². The molecule has 0 saturated carbocycles. The summed E-state index contributed by atoms with van der Waals surface area (Å²) in [5.74, 6) is 2.25. The second-order valence-corrected chi connectivity index (χ2v) is 2.54. The lowest BCUT2D eigenvalue weighted by atomic mass is 10.1. The zero-order valence-corrected chi connectivity index (χ0v) is 7.22. The van der Waals surface area contributed by atoms with Crippen LogP contribution in [0.25, 0.3) is 0 Å². The number of terminal acetylenes is 1. The average Bonchev–Trinajstić information content (AvgIpc) is 1.97. The van der Waals surface area contributed by atoms with Crippen molar-refractivity contribution in [3.05, 3.63) is 23.4 Å². The highest BCUT2D eigenvalue weighted by atomic mass is 14.6. The van der Waals surface area contributed by atoms with Crippen LogP contribution in [0.4, 0.5) is 0 Å². The number of hydrogen-bond donors (Lipinski definition) is 1. The molecule has 0 heterocycles. The van der Waals surface area contributed by atoms with Gasteiger partial charge in [0.2, 0.25) is 0 Å². The molecule has 0 spiro atoms. The summed E-state index contributed by atoms with van der Waals surface area (Å²) in [5, 5.41) is 0. The summed E-state index contributed by atoms with van der Waals surface area (Å²) in [6, 6.07) is 0. The summed E-state index contributed by atoms with van der Waals surface area (Å²) in [6.45, 7) is 3.78. The maximum Gasteiger partial charge on any atom is 0.00836 e. The van der Waals surface area contributed by atoms with Crippen LogP contribution in [-0.4, -0.2) is 0 Å². The summed E-state index contributed by atoms with van der Waals surface area (Å²) in [7, 11) is 0. The monoisotopic (exact) mass is 149 g/mol. The summed E-state index contributed by atoms with van der Waals surface area (Å²) in [6.07, 6.45) is 10.8. The minimum absolute atomic E-state index is 1.01. The van der Waals surface area contributed by atoms with Gasteiger partial charge in [-0.05, 0) is 32.8 Å². The van der Waals surface area contributed by atoms with Crippen molar-refractivity contribution in [1.29, 1.82) is 0 Å². The first-order valence-corrected chi connectivity index (χ1v) is 3.70. The fraction of sp³-hybridized carbons (Fsp3) is 0.400. The summed E-state index contributed by atoms with van der Waals surface area (Å²) in [5.41, 5.74) is 7.95. The van der Waals surface area contributed by atoms with E-state index in [4.69, 9.17) is 5.73 Å². The summed E-state index contributed by atoms with van der Waals surface area (Å²) in [4.78, 5) is 0. The van der Waals surface area contributed by atoms with Gasteiger partial charge in [0.05, 0.1) is 0 Å². The molecule has 0 aliphatic heterocycles. The fourth-order valence-electron chi connectivity index (χ4n) is 0.757. The first kappa shape index (κ1) is 9.84. The normalized spacial score (nSPS) is 15.0. The highest BCUT2D eigenvalue weighted by Gasteiger charge is 1.96. The molecule has 0 bridgehead atoms. The van der Waals surface area contributed by atoms with E-state index in [9.17, 15) is 0 Å². The molecule has 1 aliphatic carbocycles. The Labute approximate surface area is 69.0 Å². The van der Waals surface area contributed by atoms with E-state index in [2.05, 4.69) is 25.3 Å². The lowest BCUT2D eigenvalue weighted by molar-refractivity contribution is 0.893. The molecule has 0 aromatic rings. The highest BCUT2D eigenvalue weighted by molar-refractivity contribution is 5.20. The van der Waals surface area contributed by atoms with Gasteiger partial charge in [-0.25, -0.2) is 0 Å². The second kappa shape index (κ2) is 5.61. The van der Waals surface area contributed by atoms with E-state index in [-0.39, 0.29) is 0 Å². The zero-order chi connectivity index (χ0) is 8.69. The molecule has 11 heavy (non-hydrogen) atoms. The number of nitrogens with two attached hydrogens (primary N) is 1. The van der Waals surface area contributed by atoms with Crippen molar-refractivity contribution < 1.29 is 0 Å². The van der Waals surface area contributed by atoms with Gasteiger partial charge in [0, 0.05) is 5.70 Å². The third-order valence-electron chi connectivity index (χ3n) is 1.39. The van der Waals surface area contributed by atoms with Gasteiger partial charge in [-0.3, -0.25) is 0 Å². The molecular weight excluding hydrogens is 134 g/mol. The van der Waals surface area contributed by atoms with Crippen molar-refractivity contribution in [2.45, 2.75) is 26.7 Å². The van der Waals surface area contributed by atoms with E-state index in [0.29, 0.717) is 0 Å². The van der Waals surface area contributed by atoms with Crippen molar-refractivity contribution in [2.75, 3.05) is 0 Å². The topological polar surface area (TPSA) is 26.0 Å². The Morgan fingerprint density at radius 1 is 1.45 bits per heavy atom. The van der Waals surface area contributed by atoms with Gasteiger partial charge in [0.15, 0.2) is 0 Å². The van der Waals surface area contributed by atoms with Gasteiger partial charge >= 0.3 is 0 Å². The molecule has 0 aromatic heterocycles. The van der Waals surface area contributed by atoms with E-state index in [1.54, 1.807) is 6.92 Å². The van der Waals surface area contributed by atoms with Crippen LogP contribution in [0.1, 0.15) is 26.7 Å². The molecule has 0 saturated heterocycles. The van der Waals surface area contributed by atoms with E-state index < -0.39 is 0 Å². The Kier molecular flexibility index (Phi) is 5.02. The SMILES string of the molecule is C#CC.CC1=CC=C(N)CC1. The van der Waals surface area contributed by atoms with E-state index >= 15 is 0 Å². The van der Waals surface area contributed by atoms with E-state index in [0.717, 1.165) is 18.5 Å². The summed E-state index contributed by atoms with van der Waals surface area (Å²) < 4.78 is 0. The maximum atomic E-state index is 5.51. The highest BCUT2D eigenvalue weighted by Crippen LogP contribution is 2.12. The molecule has 2 N–H and O–H groups in total. The summed E-state index contributed by atoms with van der Waals surface area (Å²) >= 11 is 0. The Balaban J connectivity index is 0.000000292. The smallest absolute Gasteiger partial charge is 0.00836 e. The van der Waals surface area contributed by atoms with Crippen LogP contribution in [-0.2, 0) is 0 Å². The lowest BCUT2D eigenvalue weighted by Gasteiger charge is -2.05. The molecule has 60 valence electrons. The van der Waals surface area contributed by atoms with Crippen molar-refractivity contribution in [2.24, 2.45) is 5.73 Å². The Morgan fingerprint density at radius 2 is 2.00 bits per heavy atom. The minimum Gasteiger partial charge on any atom is -0.402 e. The first-order chi connectivity index (χ1) is 5.20. The third-order valence-corrected chi connectivity index (χ3v) is 1.39. The number of allylic oxidation sites excluding steroid dienone is 4. The molecule has 0 unspecified atom stereocenters. The molecule has 0 atom stereocenters. The van der Waals surface area contributed by atoms with Crippen LogP contribution in [0.5, 0.6) is 0 Å². The Bertz CT molecular complexity index is 185. The predicted octanol–water partition coefficient (Wildman–Crippen LogP) is 2.21. The minimum atomic E-state index is 1.01.